The first kappa shape index (κ1) is 18.5. The third-order valence-corrected chi connectivity index (χ3v) is 7.15. The fourth-order valence-electron chi connectivity index (χ4n) is 5.35. The highest BCUT2D eigenvalue weighted by atomic mass is 16.2. The van der Waals surface area contributed by atoms with Crippen molar-refractivity contribution in [3.63, 3.8) is 0 Å². The van der Waals surface area contributed by atoms with Crippen LogP contribution in [0.3, 0.4) is 0 Å². The van der Waals surface area contributed by atoms with Crippen LogP contribution in [0.4, 0.5) is 0 Å². The van der Waals surface area contributed by atoms with Crippen LogP contribution in [0.15, 0.2) is 6.20 Å². The minimum absolute atomic E-state index is 0.202. The van der Waals surface area contributed by atoms with Crippen molar-refractivity contribution in [2.45, 2.75) is 79.7 Å². The number of piperidine rings is 1. The Bertz CT molecular complexity index is 632. The zero-order chi connectivity index (χ0) is 18.4. The highest BCUT2D eigenvalue weighted by Crippen LogP contribution is 2.53. The lowest BCUT2D eigenvalue weighted by molar-refractivity contribution is -0.130. The van der Waals surface area contributed by atoms with E-state index in [1.807, 2.05) is 4.90 Å². The zero-order valence-corrected chi connectivity index (χ0v) is 16.9. The highest BCUT2D eigenvalue weighted by Gasteiger charge is 2.47. The number of carbonyl (C=O) groups is 1. The van der Waals surface area contributed by atoms with Crippen LogP contribution in [0.25, 0.3) is 0 Å². The summed E-state index contributed by atoms with van der Waals surface area (Å²) in [6, 6.07) is 0.459. The summed E-state index contributed by atoms with van der Waals surface area (Å²) in [5.74, 6) is 0.871. The second kappa shape index (κ2) is 6.44. The summed E-state index contributed by atoms with van der Waals surface area (Å²) < 4.78 is 2.31. The van der Waals surface area contributed by atoms with Gasteiger partial charge in [-0.05, 0) is 54.4 Å². The number of amides is 1. The van der Waals surface area contributed by atoms with E-state index in [1.165, 1.54) is 17.7 Å². The number of carbonyl (C=O) groups excluding carboxylic acids is 1. The van der Waals surface area contributed by atoms with E-state index in [0.717, 1.165) is 38.8 Å². The van der Waals surface area contributed by atoms with Crippen molar-refractivity contribution in [3.8, 4) is 0 Å². The normalized spacial score (nSPS) is 25.3. The molecule has 25 heavy (non-hydrogen) atoms. The van der Waals surface area contributed by atoms with Crippen molar-refractivity contribution in [1.82, 2.24) is 14.7 Å². The van der Waals surface area contributed by atoms with E-state index in [-0.39, 0.29) is 5.91 Å². The standard InChI is InChI=1S/C21H35N3O/c1-15(2)21(20(4,5)6)10-7-19-17(13-21)14-22-24(19)18-8-11-23(12-9-18)16(3)25/h14-15,18H,7-13H2,1-6H3. The summed E-state index contributed by atoms with van der Waals surface area (Å²) in [6.45, 7) is 15.4. The van der Waals surface area contributed by atoms with E-state index in [0.29, 0.717) is 22.8 Å². The fourth-order valence-corrected chi connectivity index (χ4v) is 5.35. The number of likely N-dealkylation sites (tertiary alicyclic amines) is 1. The molecule has 1 unspecified atom stereocenters. The minimum Gasteiger partial charge on any atom is -0.343 e. The van der Waals surface area contributed by atoms with Gasteiger partial charge >= 0.3 is 0 Å². The second-order valence-electron chi connectivity index (χ2n) is 9.54. The molecule has 1 aliphatic heterocycles. The lowest BCUT2D eigenvalue weighted by Crippen LogP contribution is -2.45. The summed E-state index contributed by atoms with van der Waals surface area (Å²) in [5.41, 5.74) is 3.57. The molecule has 1 aromatic rings. The average molecular weight is 346 g/mol. The summed E-state index contributed by atoms with van der Waals surface area (Å²) in [6.07, 6.45) is 7.73. The van der Waals surface area contributed by atoms with Gasteiger partial charge in [-0.15, -0.1) is 0 Å². The molecule has 0 saturated carbocycles. The molecule has 1 saturated heterocycles. The van der Waals surface area contributed by atoms with Gasteiger partial charge in [-0.25, -0.2) is 0 Å². The summed E-state index contributed by atoms with van der Waals surface area (Å²) in [4.78, 5) is 13.5. The maximum absolute atomic E-state index is 11.6. The first-order valence-corrected chi connectivity index (χ1v) is 9.96. The molecule has 2 heterocycles. The number of rotatable bonds is 2. The molecule has 1 atom stereocenters. The Morgan fingerprint density at radius 3 is 2.44 bits per heavy atom. The van der Waals surface area contributed by atoms with E-state index >= 15 is 0 Å². The van der Waals surface area contributed by atoms with Gasteiger partial charge in [0.15, 0.2) is 0 Å². The van der Waals surface area contributed by atoms with E-state index in [2.05, 4.69) is 45.5 Å². The Hall–Kier alpha value is -1.32. The lowest BCUT2D eigenvalue weighted by atomic mass is 9.54. The number of aromatic nitrogens is 2. The van der Waals surface area contributed by atoms with Crippen molar-refractivity contribution in [3.05, 3.63) is 17.5 Å². The molecule has 1 fully saturated rings. The van der Waals surface area contributed by atoms with Crippen LogP contribution in [0.5, 0.6) is 0 Å². The third-order valence-electron chi connectivity index (χ3n) is 7.15. The predicted molar refractivity (Wildman–Crippen MR) is 102 cm³/mol. The maximum atomic E-state index is 11.6. The van der Waals surface area contributed by atoms with Crippen LogP contribution < -0.4 is 0 Å². The van der Waals surface area contributed by atoms with Crippen LogP contribution in [0.1, 0.15) is 78.1 Å². The number of hydrogen-bond acceptors (Lipinski definition) is 2. The predicted octanol–water partition coefficient (Wildman–Crippen LogP) is 4.24. The molecule has 0 spiro atoms. The van der Waals surface area contributed by atoms with Crippen molar-refractivity contribution >= 4 is 5.91 Å². The topological polar surface area (TPSA) is 38.1 Å². The summed E-state index contributed by atoms with van der Waals surface area (Å²) in [7, 11) is 0. The summed E-state index contributed by atoms with van der Waals surface area (Å²) >= 11 is 0. The van der Waals surface area contributed by atoms with Crippen LogP contribution in [-0.2, 0) is 17.6 Å². The Labute approximate surface area is 153 Å². The molecular weight excluding hydrogens is 310 g/mol. The molecule has 0 bridgehead atoms. The van der Waals surface area contributed by atoms with Crippen LogP contribution >= 0.6 is 0 Å². The molecule has 0 radical (unpaired) electrons. The quantitative estimate of drug-likeness (QED) is 0.804. The highest BCUT2D eigenvalue weighted by molar-refractivity contribution is 5.73. The van der Waals surface area contributed by atoms with Crippen LogP contribution in [0, 0.1) is 16.7 Å². The van der Waals surface area contributed by atoms with Crippen molar-refractivity contribution < 1.29 is 4.79 Å². The molecule has 4 nitrogen and oxygen atoms in total. The van der Waals surface area contributed by atoms with Gasteiger partial charge in [0.05, 0.1) is 12.2 Å². The van der Waals surface area contributed by atoms with Gasteiger partial charge in [0.1, 0.15) is 0 Å². The van der Waals surface area contributed by atoms with Crippen molar-refractivity contribution in [2.75, 3.05) is 13.1 Å². The number of fused-ring (bicyclic) bond motifs is 1. The molecule has 4 heteroatoms. The second-order valence-corrected chi connectivity index (χ2v) is 9.54. The van der Waals surface area contributed by atoms with Gasteiger partial charge in [0, 0.05) is 25.7 Å². The zero-order valence-electron chi connectivity index (χ0n) is 16.9. The number of hydrogen-bond donors (Lipinski definition) is 0. The molecule has 0 aromatic carbocycles. The lowest BCUT2D eigenvalue weighted by Gasteiger charge is -2.51. The Morgan fingerprint density at radius 2 is 1.92 bits per heavy atom. The van der Waals surface area contributed by atoms with E-state index in [9.17, 15) is 4.79 Å². The molecule has 0 N–H and O–H groups in total. The van der Waals surface area contributed by atoms with E-state index in [4.69, 9.17) is 5.10 Å². The fraction of sp³-hybridized carbons (Fsp3) is 0.810. The van der Waals surface area contributed by atoms with Gasteiger partial charge < -0.3 is 4.90 Å². The SMILES string of the molecule is CC(=O)N1CCC(n2ncc3c2CCC(C(C)C)(C(C)(C)C)C3)CC1. The smallest absolute Gasteiger partial charge is 0.219 e. The van der Waals surface area contributed by atoms with Crippen LogP contribution in [-0.4, -0.2) is 33.7 Å². The van der Waals surface area contributed by atoms with Gasteiger partial charge in [-0.3, -0.25) is 9.48 Å². The molecule has 2 aliphatic rings. The first-order valence-electron chi connectivity index (χ1n) is 9.96. The van der Waals surface area contributed by atoms with Gasteiger partial charge in [0.25, 0.3) is 0 Å². The molecule has 140 valence electrons. The van der Waals surface area contributed by atoms with Crippen molar-refractivity contribution in [1.29, 1.82) is 0 Å². The average Bonchev–Trinajstić information content (AvgIpc) is 2.96. The van der Waals surface area contributed by atoms with Crippen LogP contribution in [0.2, 0.25) is 0 Å². The van der Waals surface area contributed by atoms with E-state index in [1.54, 1.807) is 6.92 Å². The Kier molecular flexibility index (Phi) is 4.76. The van der Waals surface area contributed by atoms with Crippen molar-refractivity contribution in [2.24, 2.45) is 16.7 Å². The maximum Gasteiger partial charge on any atom is 0.219 e. The van der Waals surface area contributed by atoms with Gasteiger partial charge in [0.2, 0.25) is 5.91 Å². The third kappa shape index (κ3) is 3.13. The Balaban J connectivity index is 1.81. The first-order chi connectivity index (χ1) is 11.7. The van der Waals surface area contributed by atoms with E-state index < -0.39 is 0 Å². The molecule has 1 aliphatic carbocycles. The molecule has 3 rings (SSSR count). The summed E-state index contributed by atoms with van der Waals surface area (Å²) in [5, 5.41) is 4.81. The van der Waals surface area contributed by atoms with Gasteiger partial charge in [-0.1, -0.05) is 34.6 Å². The Morgan fingerprint density at radius 1 is 1.28 bits per heavy atom. The van der Waals surface area contributed by atoms with Gasteiger partial charge in [-0.2, -0.15) is 5.10 Å². The molecule has 1 amide bonds. The molecular formula is C21H35N3O. The molecule has 1 aromatic heterocycles. The minimum atomic E-state index is 0.202. The number of nitrogens with zero attached hydrogens (tertiary/aromatic N) is 3. The largest absolute Gasteiger partial charge is 0.343 e. The monoisotopic (exact) mass is 345 g/mol.